The zero-order valence-electron chi connectivity index (χ0n) is 9.56. The third kappa shape index (κ3) is 1.80. The van der Waals surface area contributed by atoms with Gasteiger partial charge in [0, 0.05) is 5.56 Å². The second kappa shape index (κ2) is 4.21. The largest absolute Gasteiger partial charge is 0.461 e. The molecule has 1 aromatic carbocycles. The second-order valence-corrected chi connectivity index (χ2v) is 4.57. The van der Waals surface area contributed by atoms with Crippen molar-refractivity contribution >= 4 is 6.29 Å². The summed E-state index contributed by atoms with van der Waals surface area (Å²) in [6, 6.07) is 10.3. The van der Waals surface area contributed by atoms with Crippen molar-refractivity contribution in [3.63, 3.8) is 0 Å². The van der Waals surface area contributed by atoms with Crippen LogP contribution in [0.15, 0.2) is 41.0 Å². The van der Waals surface area contributed by atoms with Crippen molar-refractivity contribution in [2.45, 2.75) is 25.2 Å². The van der Waals surface area contributed by atoms with E-state index in [4.69, 9.17) is 4.42 Å². The normalized spacial score (nSPS) is 15.5. The Bertz CT molecular complexity index is 518. The molecule has 1 aliphatic rings. The standard InChI is InChI=1S/C15H14O2/c16-10-15-14(8-9-17-15)13-6-4-12(5-7-13)11-2-1-3-11/h4-11H,1-3H2. The van der Waals surface area contributed by atoms with E-state index in [1.165, 1.54) is 24.8 Å². The zero-order valence-corrected chi connectivity index (χ0v) is 9.56. The third-order valence-corrected chi connectivity index (χ3v) is 3.60. The van der Waals surface area contributed by atoms with E-state index in [0.29, 0.717) is 5.76 Å². The smallest absolute Gasteiger partial charge is 0.185 e. The van der Waals surface area contributed by atoms with Crippen LogP contribution in [-0.2, 0) is 0 Å². The van der Waals surface area contributed by atoms with Gasteiger partial charge in [-0.05, 0) is 36.0 Å². The predicted molar refractivity (Wildman–Crippen MR) is 66.1 cm³/mol. The highest BCUT2D eigenvalue weighted by Crippen LogP contribution is 2.37. The molecule has 0 atom stereocenters. The highest BCUT2D eigenvalue weighted by Gasteiger charge is 2.19. The van der Waals surface area contributed by atoms with Gasteiger partial charge in [-0.15, -0.1) is 0 Å². The predicted octanol–water partition coefficient (Wildman–Crippen LogP) is 4.03. The van der Waals surface area contributed by atoms with Crippen molar-refractivity contribution in [1.29, 1.82) is 0 Å². The van der Waals surface area contributed by atoms with E-state index in [-0.39, 0.29) is 0 Å². The van der Waals surface area contributed by atoms with Crippen LogP contribution in [0.5, 0.6) is 0 Å². The summed E-state index contributed by atoms with van der Waals surface area (Å²) in [6.07, 6.45) is 6.28. The van der Waals surface area contributed by atoms with E-state index in [1.54, 1.807) is 6.26 Å². The molecular formula is C15H14O2. The molecule has 17 heavy (non-hydrogen) atoms. The fourth-order valence-electron chi connectivity index (χ4n) is 2.33. The second-order valence-electron chi connectivity index (χ2n) is 4.57. The van der Waals surface area contributed by atoms with Gasteiger partial charge in [-0.25, -0.2) is 0 Å². The van der Waals surface area contributed by atoms with Crippen LogP contribution in [0.25, 0.3) is 11.1 Å². The molecule has 2 nitrogen and oxygen atoms in total. The van der Waals surface area contributed by atoms with E-state index in [9.17, 15) is 4.79 Å². The average molecular weight is 226 g/mol. The van der Waals surface area contributed by atoms with E-state index in [2.05, 4.69) is 24.3 Å². The van der Waals surface area contributed by atoms with Crippen LogP contribution in [0.1, 0.15) is 41.3 Å². The lowest BCUT2D eigenvalue weighted by Crippen LogP contribution is -2.08. The van der Waals surface area contributed by atoms with Crippen molar-refractivity contribution in [2.24, 2.45) is 0 Å². The van der Waals surface area contributed by atoms with Crippen molar-refractivity contribution in [1.82, 2.24) is 0 Å². The maximum atomic E-state index is 10.8. The Morgan fingerprint density at radius 1 is 1.12 bits per heavy atom. The Kier molecular flexibility index (Phi) is 2.56. The summed E-state index contributed by atoms with van der Waals surface area (Å²) >= 11 is 0. The van der Waals surface area contributed by atoms with Crippen molar-refractivity contribution in [2.75, 3.05) is 0 Å². The highest BCUT2D eigenvalue weighted by molar-refractivity contribution is 5.84. The van der Waals surface area contributed by atoms with Crippen molar-refractivity contribution < 1.29 is 9.21 Å². The molecule has 0 amide bonds. The maximum absolute atomic E-state index is 10.8. The summed E-state index contributed by atoms with van der Waals surface area (Å²) < 4.78 is 5.11. The summed E-state index contributed by atoms with van der Waals surface area (Å²) in [7, 11) is 0. The molecule has 0 unspecified atom stereocenters. The molecule has 2 heteroatoms. The lowest BCUT2D eigenvalue weighted by atomic mass is 9.80. The molecule has 0 N–H and O–H groups in total. The lowest BCUT2D eigenvalue weighted by Gasteiger charge is -2.25. The SMILES string of the molecule is O=Cc1occc1-c1ccc(C2CCC2)cc1. The van der Waals surface area contributed by atoms with Gasteiger partial charge in [-0.1, -0.05) is 30.7 Å². The number of furan rings is 1. The first-order valence-corrected chi connectivity index (χ1v) is 6.01. The monoisotopic (exact) mass is 226 g/mol. The average Bonchev–Trinajstić information content (AvgIpc) is 2.76. The Morgan fingerprint density at radius 2 is 1.88 bits per heavy atom. The van der Waals surface area contributed by atoms with Gasteiger partial charge in [0.15, 0.2) is 12.0 Å². The molecule has 3 rings (SSSR count). The van der Waals surface area contributed by atoms with Crippen LogP contribution in [0.3, 0.4) is 0 Å². The number of carbonyl (C=O) groups is 1. The number of aldehydes is 1. The minimum Gasteiger partial charge on any atom is -0.461 e. The third-order valence-electron chi connectivity index (χ3n) is 3.60. The molecule has 1 aliphatic carbocycles. The minimum absolute atomic E-state index is 0.404. The molecule has 2 aromatic rings. The number of carbonyl (C=O) groups excluding carboxylic acids is 1. The maximum Gasteiger partial charge on any atom is 0.185 e. The molecule has 1 aromatic heterocycles. The molecule has 1 saturated carbocycles. The molecule has 0 radical (unpaired) electrons. The molecule has 1 fully saturated rings. The zero-order chi connectivity index (χ0) is 11.7. The number of benzene rings is 1. The first kappa shape index (κ1) is 10.3. The van der Waals surface area contributed by atoms with Gasteiger partial charge in [0.1, 0.15) is 0 Å². The molecule has 0 aliphatic heterocycles. The van der Waals surface area contributed by atoms with Crippen LogP contribution in [-0.4, -0.2) is 6.29 Å². The van der Waals surface area contributed by atoms with Crippen LogP contribution < -0.4 is 0 Å². The Morgan fingerprint density at radius 3 is 2.47 bits per heavy atom. The van der Waals surface area contributed by atoms with E-state index >= 15 is 0 Å². The van der Waals surface area contributed by atoms with Crippen molar-refractivity contribution in [3.8, 4) is 11.1 Å². The van der Waals surface area contributed by atoms with Crippen LogP contribution in [0.4, 0.5) is 0 Å². The Hall–Kier alpha value is -1.83. The fraction of sp³-hybridized carbons (Fsp3) is 0.267. The number of hydrogen-bond acceptors (Lipinski definition) is 2. The van der Waals surface area contributed by atoms with Gasteiger partial charge >= 0.3 is 0 Å². The molecule has 0 saturated heterocycles. The minimum atomic E-state index is 0.404. The molecule has 0 spiro atoms. The Balaban J connectivity index is 1.91. The van der Waals surface area contributed by atoms with Gasteiger partial charge in [0.05, 0.1) is 6.26 Å². The first-order chi connectivity index (χ1) is 8.38. The summed E-state index contributed by atoms with van der Waals surface area (Å²) in [5, 5.41) is 0. The summed E-state index contributed by atoms with van der Waals surface area (Å²) in [6.45, 7) is 0. The topological polar surface area (TPSA) is 30.2 Å². The highest BCUT2D eigenvalue weighted by atomic mass is 16.3. The van der Waals surface area contributed by atoms with Gasteiger partial charge in [-0.2, -0.15) is 0 Å². The summed E-state index contributed by atoms with van der Waals surface area (Å²) in [5.41, 5.74) is 3.33. The summed E-state index contributed by atoms with van der Waals surface area (Å²) in [4.78, 5) is 10.8. The van der Waals surface area contributed by atoms with Gasteiger partial charge in [0.25, 0.3) is 0 Å². The van der Waals surface area contributed by atoms with Crippen LogP contribution in [0, 0.1) is 0 Å². The van der Waals surface area contributed by atoms with Crippen LogP contribution >= 0.6 is 0 Å². The van der Waals surface area contributed by atoms with Gasteiger partial charge in [0.2, 0.25) is 0 Å². The first-order valence-electron chi connectivity index (χ1n) is 6.01. The molecule has 1 heterocycles. The Labute approximate surface area is 100 Å². The lowest BCUT2D eigenvalue weighted by molar-refractivity contribution is 0.110. The van der Waals surface area contributed by atoms with Gasteiger partial charge in [-0.3, -0.25) is 4.79 Å². The van der Waals surface area contributed by atoms with Gasteiger partial charge < -0.3 is 4.42 Å². The van der Waals surface area contributed by atoms with Crippen molar-refractivity contribution in [3.05, 3.63) is 47.9 Å². The summed E-state index contributed by atoms with van der Waals surface area (Å²) in [5.74, 6) is 1.15. The molecule has 86 valence electrons. The number of rotatable bonds is 3. The van der Waals surface area contributed by atoms with Crippen LogP contribution in [0.2, 0.25) is 0 Å². The quantitative estimate of drug-likeness (QED) is 0.740. The number of hydrogen-bond donors (Lipinski definition) is 0. The van der Waals surface area contributed by atoms with E-state index < -0.39 is 0 Å². The molecule has 0 bridgehead atoms. The van der Waals surface area contributed by atoms with E-state index in [1.807, 2.05) is 6.07 Å². The van der Waals surface area contributed by atoms with E-state index in [0.717, 1.165) is 23.3 Å². The molecular weight excluding hydrogens is 212 g/mol. The fourth-order valence-corrected chi connectivity index (χ4v) is 2.33.